The molecule has 6 heteroatoms. The Balaban J connectivity index is 1.90. The minimum atomic E-state index is -0.0591. The summed E-state index contributed by atoms with van der Waals surface area (Å²) in [5, 5.41) is 9.15. The zero-order chi connectivity index (χ0) is 22.2. The highest BCUT2D eigenvalue weighted by Gasteiger charge is 2.21. The molecule has 1 aliphatic rings. The van der Waals surface area contributed by atoms with Crippen LogP contribution in [0.5, 0.6) is 0 Å². The summed E-state index contributed by atoms with van der Waals surface area (Å²) in [6.07, 6.45) is 4.86. The van der Waals surface area contributed by atoms with E-state index in [4.69, 9.17) is 10.8 Å². The molecule has 2 aromatic carbocycles. The molecule has 2 aromatic rings. The van der Waals surface area contributed by atoms with Crippen LogP contribution in [0, 0.1) is 0 Å². The Kier molecular flexibility index (Phi) is 7.73. The molecule has 0 spiro atoms. The average molecular weight is 420 g/mol. The number of aldehydes is 1. The van der Waals surface area contributed by atoms with E-state index < -0.39 is 0 Å². The predicted octanol–water partition coefficient (Wildman–Crippen LogP) is 3.49. The van der Waals surface area contributed by atoms with Crippen molar-refractivity contribution in [2.24, 2.45) is 10.7 Å². The Bertz CT molecular complexity index is 994. The minimum absolute atomic E-state index is 0.0534. The van der Waals surface area contributed by atoms with E-state index in [9.17, 15) is 9.59 Å². The fourth-order valence-corrected chi connectivity index (χ4v) is 3.69. The first-order valence-corrected chi connectivity index (χ1v) is 10.7. The monoisotopic (exact) mass is 419 g/mol. The average Bonchev–Trinajstić information content (AvgIpc) is 2.94. The van der Waals surface area contributed by atoms with E-state index in [1.165, 1.54) is 0 Å². The van der Waals surface area contributed by atoms with Crippen molar-refractivity contribution in [3.8, 4) is 11.1 Å². The van der Waals surface area contributed by atoms with Crippen LogP contribution in [-0.2, 0) is 16.0 Å². The topological polar surface area (TPSA) is 96.0 Å². The third-order valence-corrected chi connectivity index (χ3v) is 5.24. The van der Waals surface area contributed by atoms with Gasteiger partial charge in [-0.15, -0.1) is 0 Å². The maximum Gasteiger partial charge on any atom is 0.250 e. The molecule has 1 amide bonds. The number of rotatable bonds is 9. The van der Waals surface area contributed by atoms with E-state index >= 15 is 0 Å². The van der Waals surface area contributed by atoms with Crippen LogP contribution in [0.4, 0.5) is 5.69 Å². The fourth-order valence-electron chi connectivity index (χ4n) is 3.69. The normalized spacial score (nSPS) is 13.0. The summed E-state index contributed by atoms with van der Waals surface area (Å²) in [5.41, 5.74) is 11.3. The fraction of sp³-hybridized carbons (Fsp3) is 0.320. The molecule has 0 atom stereocenters. The first-order valence-electron chi connectivity index (χ1n) is 10.7. The molecule has 1 aliphatic heterocycles. The zero-order valence-electron chi connectivity index (χ0n) is 17.9. The SMILES string of the molecule is CCCN(CCCO)C(=O)C1=Cc2ccc(-c3ccc(CC=O)cc3)cc2N=C(N)C1. The van der Waals surface area contributed by atoms with Gasteiger partial charge in [0.2, 0.25) is 5.91 Å². The number of amides is 1. The summed E-state index contributed by atoms with van der Waals surface area (Å²) in [7, 11) is 0. The van der Waals surface area contributed by atoms with Gasteiger partial charge < -0.3 is 20.5 Å². The molecule has 31 heavy (non-hydrogen) atoms. The van der Waals surface area contributed by atoms with E-state index in [1.54, 1.807) is 4.90 Å². The second-order valence-corrected chi connectivity index (χ2v) is 7.66. The van der Waals surface area contributed by atoms with Gasteiger partial charge in [-0.25, -0.2) is 4.99 Å². The van der Waals surface area contributed by atoms with Crippen LogP contribution in [-0.4, -0.2) is 47.7 Å². The number of hydrogen-bond donors (Lipinski definition) is 2. The van der Waals surface area contributed by atoms with Crippen LogP contribution in [0.15, 0.2) is 53.0 Å². The Morgan fingerprint density at radius 1 is 1.16 bits per heavy atom. The molecular formula is C25H29N3O3. The zero-order valence-corrected chi connectivity index (χ0v) is 17.9. The lowest BCUT2D eigenvalue weighted by molar-refractivity contribution is -0.127. The van der Waals surface area contributed by atoms with Crippen molar-refractivity contribution in [1.82, 2.24) is 4.90 Å². The quantitative estimate of drug-likeness (QED) is 0.608. The molecule has 3 N–H and O–H groups in total. The van der Waals surface area contributed by atoms with Gasteiger partial charge in [0.05, 0.1) is 5.69 Å². The van der Waals surface area contributed by atoms with Gasteiger partial charge in [-0.1, -0.05) is 43.3 Å². The van der Waals surface area contributed by atoms with Gasteiger partial charge in [-0.3, -0.25) is 4.79 Å². The van der Waals surface area contributed by atoms with Crippen molar-refractivity contribution in [1.29, 1.82) is 0 Å². The van der Waals surface area contributed by atoms with Gasteiger partial charge in [0, 0.05) is 43.7 Å². The Hall–Kier alpha value is -3.25. The van der Waals surface area contributed by atoms with Crippen molar-refractivity contribution >= 4 is 29.8 Å². The highest BCUT2D eigenvalue weighted by atomic mass is 16.3. The number of amidine groups is 1. The van der Waals surface area contributed by atoms with E-state index in [0.717, 1.165) is 40.6 Å². The Labute approximate surface area is 183 Å². The third kappa shape index (κ3) is 5.67. The van der Waals surface area contributed by atoms with E-state index in [1.807, 2.05) is 55.5 Å². The number of aliphatic imine (C=N–C) groups is 1. The Morgan fingerprint density at radius 2 is 1.90 bits per heavy atom. The first-order chi connectivity index (χ1) is 15.0. The highest BCUT2D eigenvalue weighted by Crippen LogP contribution is 2.32. The molecule has 6 nitrogen and oxygen atoms in total. The van der Waals surface area contributed by atoms with Gasteiger partial charge in [0.1, 0.15) is 12.1 Å². The lowest BCUT2D eigenvalue weighted by Crippen LogP contribution is -2.35. The lowest BCUT2D eigenvalue weighted by atomic mass is 9.99. The van der Waals surface area contributed by atoms with Crippen LogP contribution < -0.4 is 5.73 Å². The smallest absolute Gasteiger partial charge is 0.250 e. The molecule has 1 heterocycles. The van der Waals surface area contributed by atoms with Crippen molar-refractivity contribution < 1.29 is 14.7 Å². The van der Waals surface area contributed by atoms with Crippen LogP contribution in [0.25, 0.3) is 17.2 Å². The lowest BCUT2D eigenvalue weighted by Gasteiger charge is -2.23. The van der Waals surface area contributed by atoms with Crippen LogP contribution in [0.3, 0.4) is 0 Å². The van der Waals surface area contributed by atoms with Crippen molar-refractivity contribution in [2.75, 3.05) is 19.7 Å². The van der Waals surface area contributed by atoms with Gasteiger partial charge in [-0.05, 0) is 41.7 Å². The van der Waals surface area contributed by atoms with Crippen LogP contribution >= 0.6 is 0 Å². The number of carbonyl (C=O) groups excluding carboxylic acids is 2. The molecule has 0 radical (unpaired) electrons. The molecular weight excluding hydrogens is 390 g/mol. The maximum atomic E-state index is 13.1. The van der Waals surface area contributed by atoms with Crippen molar-refractivity contribution in [3.05, 3.63) is 59.2 Å². The number of nitrogens with two attached hydrogens (primary N) is 1. The number of fused-ring (bicyclic) bond motifs is 1. The van der Waals surface area contributed by atoms with Gasteiger partial charge >= 0.3 is 0 Å². The second-order valence-electron chi connectivity index (χ2n) is 7.66. The number of aliphatic hydroxyl groups is 1. The first kappa shape index (κ1) is 22.4. The van der Waals surface area contributed by atoms with Crippen LogP contribution in [0.1, 0.15) is 37.3 Å². The second kappa shape index (κ2) is 10.7. The molecule has 0 fully saturated rings. The number of carbonyl (C=O) groups is 2. The largest absolute Gasteiger partial charge is 0.396 e. The molecule has 0 saturated heterocycles. The van der Waals surface area contributed by atoms with E-state index in [0.29, 0.717) is 43.8 Å². The number of hydrogen-bond acceptors (Lipinski definition) is 5. The number of aliphatic hydroxyl groups excluding tert-OH is 1. The summed E-state index contributed by atoms with van der Waals surface area (Å²) in [6, 6.07) is 13.8. The molecule has 0 aromatic heterocycles. The molecule has 0 unspecified atom stereocenters. The third-order valence-electron chi connectivity index (χ3n) is 5.24. The molecule has 0 bridgehead atoms. The molecule has 162 valence electrons. The molecule has 3 rings (SSSR count). The number of benzene rings is 2. The van der Waals surface area contributed by atoms with Gasteiger partial charge in [-0.2, -0.15) is 0 Å². The summed E-state index contributed by atoms with van der Waals surface area (Å²) in [6.45, 7) is 3.24. The van der Waals surface area contributed by atoms with Crippen LogP contribution in [0.2, 0.25) is 0 Å². The van der Waals surface area contributed by atoms with E-state index in [-0.39, 0.29) is 12.5 Å². The number of nitrogens with zero attached hydrogens (tertiary/aromatic N) is 2. The van der Waals surface area contributed by atoms with Gasteiger partial charge in [0.15, 0.2) is 0 Å². The predicted molar refractivity (Wildman–Crippen MR) is 124 cm³/mol. The summed E-state index contributed by atoms with van der Waals surface area (Å²) < 4.78 is 0. The summed E-state index contributed by atoms with van der Waals surface area (Å²) in [4.78, 5) is 30.1. The van der Waals surface area contributed by atoms with Crippen molar-refractivity contribution in [2.45, 2.75) is 32.6 Å². The summed E-state index contributed by atoms with van der Waals surface area (Å²) in [5.74, 6) is 0.339. The van der Waals surface area contributed by atoms with Crippen molar-refractivity contribution in [3.63, 3.8) is 0 Å². The summed E-state index contributed by atoms with van der Waals surface area (Å²) >= 11 is 0. The Morgan fingerprint density at radius 3 is 2.58 bits per heavy atom. The highest BCUT2D eigenvalue weighted by molar-refractivity contribution is 6.05. The standard InChI is InChI=1S/C25H29N3O3/c1-2-11-28(12-3-13-29)25(31)22-15-21-9-8-20(16-23(21)27-24(26)17-22)19-6-4-18(5-7-19)10-14-30/h4-9,14-16,29H,2-3,10-13,17H2,1H3,(H2,26,27). The minimum Gasteiger partial charge on any atom is -0.396 e. The maximum absolute atomic E-state index is 13.1. The van der Waals surface area contributed by atoms with E-state index in [2.05, 4.69) is 4.99 Å². The molecule has 0 aliphatic carbocycles. The molecule has 0 saturated carbocycles. The van der Waals surface area contributed by atoms with Gasteiger partial charge in [0.25, 0.3) is 0 Å².